The molecule has 0 spiro atoms. The fraction of sp³-hybridized carbons (Fsp3) is 0.185. The number of esters is 2. The third kappa shape index (κ3) is 3.88. The molecule has 1 aromatic heterocycles. The molecule has 0 bridgehead atoms. The normalized spacial score (nSPS) is 17.5. The number of hydrogen-bond acceptors (Lipinski definition) is 9. The molecule has 2 aliphatic heterocycles. The average molecular weight is 532 g/mol. The first-order valence-corrected chi connectivity index (χ1v) is 12.3. The fourth-order valence-electron chi connectivity index (χ4n) is 4.69. The Bertz CT molecular complexity index is 1760. The molecule has 3 aromatic rings. The second-order valence-corrected chi connectivity index (χ2v) is 9.59. The molecule has 2 aliphatic rings. The van der Waals surface area contributed by atoms with Gasteiger partial charge in [0.05, 0.1) is 35.7 Å². The zero-order valence-electron chi connectivity index (χ0n) is 20.8. The first kappa shape index (κ1) is 25.0. The standard InChI is InChI=1S/C27H21N3O7S/c1-13-20(26(35)36-4)22(16-9-11-17(12-10-16)37-15(3)32)30-25(34)23(38-27(30)28-13)21-18-7-5-6-8-19(18)29(14(2)31)24(21)33/h5-12,22H,1-4H3/b23-21-/t22-/m0/s1. The zero-order chi connectivity index (χ0) is 27.3. The van der Waals surface area contributed by atoms with E-state index >= 15 is 0 Å². The molecule has 0 saturated carbocycles. The number of aromatic nitrogens is 1. The molecule has 5 rings (SSSR count). The van der Waals surface area contributed by atoms with Gasteiger partial charge in [0, 0.05) is 19.4 Å². The van der Waals surface area contributed by atoms with Crippen LogP contribution in [0.5, 0.6) is 5.75 Å². The molecular weight excluding hydrogens is 510 g/mol. The van der Waals surface area contributed by atoms with Crippen molar-refractivity contribution in [3.63, 3.8) is 0 Å². The summed E-state index contributed by atoms with van der Waals surface area (Å²) in [5.74, 6) is -1.92. The largest absolute Gasteiger partial charge is 0.466 e. The molecule has 10 nitrogen and oxygen atoms in total. The van der Waals surface area contributed by atoms with E-state index in [-0.39, 0.29) is 20.5 Å². The summed E-state index contributed by atoms with van der Waals surface area (Å²) in [5.41, 5.74) is 1.47. The number of anilines is 1. The number of amides is 2. The van der Waals surface area contributed by atoms with Gasteiger partial charge in [-0.15, -0.1) is 0 Å². The molecule has 0 fully saturated rings. The van der Waals surface area contributed by atoms with Crippen LogP contribution in [-0.2, 0) is 23.9 Å². The Labute approximate surface area is 219 Å². The van der Waals surface area contributed by atoms with E-state index in [1.165, 1.54) is 25.5 Å². The van der Waals surface area contributed by atoms with Crippen LogP contribution < -0.4 is 24.5 Å². The van der Waals surface area contributed by atoms with Crippen molar-refractivity contribution in [1.29, 1.82) is 0 Å². The highest BCUT2D eigenvalue weighted by molar-refractivity contribution is 7.07. The topological polar surface area (TPSA) is 124 Å². The van der Waals surface area contributed by atoms with Gasteiger partial charge in [-0.25, -0.2) is 14.7 Å². The van der Waals surface area contributed by atoms with Crippen LogP contribution in [0.4, 0.5) is 5.69 Å². The summed E-state index contributed by atoms with van der Waals surface area (Å²) in [5, 5.41) is 0. The van der Waals surface area contributed by atoms with Crippen molar-refractivity contribution in [1.82, 2.24) is 4.57 Å². The van der Waals surface area contributed by atoms with Crippen LogP contribution in [0.1, 0.15) is 37.9 Å². The van der Waals surface area contributed by atoms with E-state index in [1.807, 2.05) is 0 Å². The van der Waals surface area contributed by atoms with Crippen LogP contribution in [0.25, 0.3) is 5.57 Å². The number of allylic oxidation sites excluding steroid dienone is 1. The quantitative estimate of drug-likeness (QED) is 0.371. The van der Waals surface area contributed by atoms with Gasteiger partial charge >= 0.3 is 11.9 Å². The third-order valence-corrected chi connectivity index (χ3v) is 7.29. The highest BCUT2D eigenvalue weighted by Gasteiger charge is 2.38. The van der Waals surface area contributed by atoms with Gasteiger partial charge in [0.25, 0.3) is 11.5 Å². The number of para-hydroxylation sites is 1. The smallest absolute Gasteiger partial charge is 0.338 e. The number of carbonyl (C=O) groups is 4. The predicted molar refractivity (Wildman–Crippen MR) is 137 cm³/mol. The van der Waals surface area contributed by atoms with Crippen molar-refractivity contribution >= 4 is 46.4 Å². The number of benzene rings is 2. The highest BCUT2D eigenvalue weighted by Crippen LogP contribution is 2.36. The zero-order valence-corrected chi connectivity index (χ0v) is 21.6. The number of rotatable bonds is 3. The number of hydrogen-bond donors (Lipinski definition) is 0. The molecule has 0 N–H and O–H groups in total. The summed E-state index contributed by atoms with van der Waals surface area (Å²) in [6.07, 6.45) is 0. The second-order valence-electron chi connectivity index (χ2n) is 8.61. The van der Waals surface area contributed by atoms with Gasteiger partial charge in [0.15, 0.2) is 4.80 Å². The monoisotopic (exact) mass is 531 g/mol. The maximum atomic E-state index is 14.0. The molecule has 38 heavy (non-hydrogen) atoms. The number of thiazole rings is 1. The number of nitrogens with zero attached hydrogens (tertiary/aromatic N) is 3. The lowest BCUT2D eigenvalue weighted by atomic mass is 9.96. The number of imide groups is 1. The SMILES string of the molecule is COC(=O)C1=C(C)N=c2s/c(=C3\C(=O)N(C(C)=O)c4ccccc43)c(=O)n2[C@H]1c1ccc(OC(C)=O)cc1. The van der Waals surface area contributed by atoms with E-state index < -0.39 is 35.4 Å². The Morgan fingerprint density at radius 1 is 1.00 bits per heavy atom. The molecular formula is C27H21N3O7S. The second kappa shape index (κ2) is 9.34. The average Bonchev–Trinajstić information content (AvgIpc) is 3.35. The summed E-state index contributed by atoms with van der Waals surface area (Å²) in [4.78, 5) is 69.7. The molecule has 0 radical (unpaired) electrons. The maximum absolute atomic E-state index is 14.0. The highest BCUT2D eigenvalue weighted by atomic mass is 32.1. The Balaban J connectivity index is 1.79. The van der Waals surface area contributed by atoms with E-state index in [4.69, 9.17) is 9.47 Å². The molecule has 2 aromatic carbocycles. The third-order valence-electron chi connectivity index (χ3n) is 6.23. The summed E-state index contributed by atoms with van der Waals surface area (Å²) in [7, 11) is 1.24. The number of ether oxygens (including phenoxy) is 2. The van der Waals surface area contributed by atoms with Crippen LogP contribution in [0.2, 0.25) is 0 Å². The van der Waals surface area contributed by atoms with E-state index in [9.17, 15) is 24.0 Å². The Kier molecular flexibility index (Phi) is 6.15. The van der Waals surface area contributed by atoms with Gasteiger partial charge in [-0.1, -0.05) is 41.7 Å². The molecule has 11 heteroatoms. The van der Waals surface area contributed by atoms with E-state index in [0.717, 1.165) is 16.2 Å². The minimum absolute atomic E-state index is 0.101. The van der Waals surface area contributed by atoms with Crippen LogP contribution in [0, 0.1) is 0 Å². The summed E-state index contributed by atoms with van der Waals surface area (Å²) >= 11 is 1.01. The van der Waals surface area contributed by atoms with Crippen molar-refractivity contribution in [3.05, 3.63) is 90.6 Å². The lowest BCUT2D eigenvalue weighted by Crippen LogP contribution is -2.41. The van der Waals surface area contributed by atoms with E-state index in [2.05, 4.69) is 4.99 Å². The minimum Gasteiger partial charge on any atom is -0.466 e. The summed E-state index contributed by atoms with van der Waals surface area (Å²) < 4.78 is 11.6. The molecule has 192 valence electrons. The lowest BCUT2D eigenvalue weighted by molar-refractivity contribution is -0.136. The van der Waals surface area contributed by atoms with Gasteiger partial charge in [-0.05, 0) is 30.7 Å². The van der Waals surface area contributed by atoms with Crippen LogP contribution in [0.15, 0.2) is 69.6 Å². The fourth-order valence-corrected chi connectivity index (χ4v) is 5.83. The van der Waals surface area contributed by atoms with Gasteiger partial charge in [0.2, 0.25) is 5.91 Å². The first-order valence-electron chi connectivity index (χ1n) is 11.5. The van der Waals surface area contributed by atoms with E-state index in [0.29, 0.717) is 28.3 Å². The van der Waals surface area contributed by atoms with Gasteiger partial charge < -0.3 is 9.47 Å². The van der Waals surface area contributed by atoms with Crippen LogP contribution in [0.3, 0.4) is 0 Å². The van der Waals surface area contributed by atoms with Crippen molar-refractivity contribution in [3.8, 4) is 5.75 Å². The van der Waals surface area contributed by atoms with Gasteiger partial charge in [0.1, 0.15) is 10.3 Å². The van der Waals surface area contributed by atoms with E-state index in [1.54, 1.807) is 55.5 Å². The Morgan fingerprint density at radius 2 is 1.68 bits per heavy atom. The van der Waals surface area contributed by atoms with Crippen molar-refractivity contribution in [2.24, 2.45) is 4.99 Å². The Hall–Kier alpha value is -4.64. The molecule has 2 amide bonds. The molecule has 3 heterocycles. The van der Waals surface area contributed by atoms with Gasteiger partial charge in [-0.3, -0.25) is 23.7 Å². The molecule has 1 atom stereocenters. The van der Waals surface area contributed by atoms with Crippen LogP contribution in [-0.4, -0.2) is 35.4 Å². The molecule has 0 aliphatic carbocycles. The number of methoxy groups -OCH3 is 1. The summed E-state index contributed by atoms with van der Waals surface area (Å²) in [6.45, 7) is 4.20. The minimum atomic E-state index is -0.921. The van der Waals surface area contributed by atoms with Crippen molar-refractivity contribution in [2.75, 3.05) is 12.0 Å². The van der Waals surface area contributed by atoms with Gasteiger partial charge in [-0.2, -0.15) is 0 Å². The Morgan fingerprint density at radius 3 is 2.32 bits per heavy atom. The predicted octanol–water partition coefficient (Wildman–Crippen LogP) is 1.60. The first-order chi connectivity index (χ1) is 18.1. The van der Waals surface area contributed by atoms with Crippen molar-refractivity contribution in [2.45, 2.75) is 26.8 Å². The number of fused-ring (bicyclic) bond motifs is 2. The maximum Gasteiger partial charge on any atom is 0.338 e. The van der Waals surface area contributed by atoms with Crippen LogP contribution >= 0.6 is 11.3 Å². The van der Waals surface area contributed by atoms with Crippen molar-refractivity contribution < 1.29 is 28.7 Å². The number of carbonyl (C=O) groups excluding carboxylic acids is 4. The molecule has 0 saturated heterocycles. The lowest BCUT2D eigenvalue weighted by Gasteiger charge is -2.24. The summed E-state index contributed by atoms with van der Waals surface area (Å²) in [6, 6.07) is 12.2. The molecule has 0 unspecified atom stereocenters.